The van der Waals surface area contributed by atoms with Crippen molar-refractivity contribution in [1.29, 1.82) is 0 Å². The molecule has 1 aliphatic heterocycles. The summed E-state index contributed by atoms with van der Waals surface area (Å²) in [5.41, 5.74) is 1.01. The van der Waals surface area contributed by atoms with Crippen LogP contribution in [-0.2, 0) is 9.47 Å². The molecule has 1 heterocycles. The lowest BCUT2D eigenvalue weighted by Crippen LogP contribution is -2.31. The van der Waals surface area contributed by atoms with Gasteiger partial charge in [-0.15, -0.1) is 12.3 Å². The highest BCUT2D eigenvalue weighted by atomic mass is 16.7. The summed E-state index contributed by atoms with van der Waals surface area (Å²) >= 11 is 0. The maximum Gasteiger partial charge on any atom is 0.184 e. The van der Waals surface area contributed by atoms with Gasteiger partial charge >= 0.3 is 0 Å². The second kappa shape index (κ2) is 6.60. The zero-order valence-corrected chi connectivity index (χ0v) is 11.5. The molecule has 2 rings (SSSR count). The zero-order chi connectivity index (χ0) is 13.7. The second-order valence-corrected chi connectivity index (χ2v) is 4.82. The Balaban J connectivity index is 2.02. The van der Waals surface area contributed by atoms with Gasteiger partial charge in [0.2, 0.25) is 0 Å². The van der Waals surface area contributed by atoms with Gasteiger partial charge in [0.15, 0.2) is 6.29 Å². The fourth-order valence-corrected chi connectivity index (χ4v) is 2.23. The van der Waals surface area contributed by atoms with E-state index in [0.29, 0.717) is 12.5 Å². The first-order valence-electron chi connectivity index (χ1n) is 6.59. The quantitative estimate of drug-likeness (QED) is 0.778. The van der Waals surface area contributed by atoms with E-state index in [1.807, 2.05) is 24.3 Å². The molecule has 1 aromatic carbocycles. The van der Waals surface area contributed by atoms with Crippen molar-refractivity contribution in [2.75, 3.05) is 13.7 Å². The first-order valence-corrected chi connectivity index (χ1v) is 6.59. The Morgan fingerprint density at radius 3 is 2.79 bits per heavy atom. The number of hydrogen-bond acceptors (Lipinski definition) is 3. The summed E-state index contributed by atoms with van der Waals surface area (Å²) in [5.74, 6) is 3.88. The lowest BCUT2D eigenvalue weighted by Gasteiger charge is -2.33. The van der Waals surface area contributed by atoms with E-state index in [1.165, 1.54) is 0 Å². The van der Waals surface area contributed by atoms with Crippen LogP contribution >= 0.6 is 0 Å². The van der Waals surface area contributed by atoms with Gasteiger partial charge in [-0.1, -0.05) is 19.1 Å². The van der Waals surface area contributed by atoms with Crippen LogP contribution in [0.15, 0.2) is 24.3 Å². The van der Waals surface area contributed by atoms with Gasteiger partial charge in [0.25, 0.3) is 0 Å². The predicted molar refractivity (Wildman–Crippen MR) is 73.8 cm³/mol. The van der Waals surface area contributed by atoms with Crippen molar-refractivity contribution >= 4 is 0 Å². The van der Waals surface area contributed by atoms with E-state index in [0.717, 1.165) is 24.2 Å². The molecule has 0 unspecified atom stereocenters. The number of ether oxygens (including phenoxy) is 3. The Morgan fingerprint density at radius 2 is 2.16 bits per heavy atom. The van der Waals surface area contributed by atoms with Crippen LogP contribution in [0.1, 0.15) is 31.6 Å². The summed E-state index contributed by atoms with van der Waals surface area (Å²) in [5, 5.41) is 0. The second-order valence-electron chi connectivity index (χ2n) is 4.82. The average molecular weight is 260 g/mol. The number of benzene rings is 1. The van der Waals surface area contributed by atoms with E-state index in [4.69, 9.17) is 20.6 Å². The van der Waals surface area contributed by atoms with Crippen LogP contribution in [-0.4, -0.2) is 19.8 Å². The molecule has 0 N–H and O–H groups in total. The predicted octanol–water partition coefficient (Wildman–Crippen LogP) is 3.16. The van der Waals surface area contributed by atoms with E-state index in [9.17, 15) is 0 Å². The monoisotopic (exact) mass is 260 g/mol. The minimum Gasteiger partial charge on any atom is -0.497 e. The van der Waals surface area contributed by atoms with Crippen LogP contribution < -0.4 is 4.74 Å². The van der Waals surface area contributed by atoms with Crippen molar-refractivity contribution in [2.24, 2.45) is 5.92 Å². The first-order chi connectivity index (χ1) is 9.24. The third-order valence-corrected chi connectivity index (χ3v) is 3.43. The third kappa shape index (κ3) is 3.50. The van der Waals surface area contributed by atoms with Crippen molar-refractivity contribution in [1.82, 2.24) is 0 Å². The summed E-state index contributed by atoms with van der Waals surface area (Å²) in [6, 6.07) is 7.77. The molecule has 3 nitrogen and oxygen atoms in total. The Kier molecular flexibility index (Phi) is 4.84. The molecular weight excluding hydrogens is 240 g/mol. The van der Waals surface area contributed by atoms with Crippen molar-refractivity contribution in [3.63, 3.8) is 0 Å². The fourth-order valence-electron chi connectivity index (χ4n) is 2.23. The molecule has 102 valence electrons. The number of terminal acetylenes is 1. The standard InChI is InChI=1S/C16H20O3/c1-4-5-12(2)15-10-11-18-16(19-15)13-6-8-14(17-3)9-7-13/h1,6-9,12,15-16H,5,10-11H2,2-3H3/t12-,15+,16+/m0/s1. The smallest absolute Gasteiger partial charge is 0.184 e. The Morgan fingerprint density at radius 1 is 1.42 bits per heavy atom. The molecule has 0 saturated carbocycles. The largest absolute Gasteiger partial charge is 0.497 e. The maximum absolute atomic E-state index is 6.00. The maximum atomic E-state index is 6.00. The normalized spacial score (nSPS) is 24.5. The minimum absolute atomic E-state index is 0.164. The topological polar surface area (TPSA) is 27.7 Å². The van der Waals surface area contributed by atoms with Gasteiger partial charge in [-0.2, -0.15) is 0 Å². The molecule has 1 fully saturated rings. The third-order valence-electron chi connectivity index (χ3n) is 3.43. The summed E-state index contributed by atoms with van der Waals surface area (Å²) in [7, 11) is 1.65. The lowest BCUT2D eigenvalue weighted by molar-refractivity contribution is -0.227. The van der Waals surface area contributed by atoms with E-state index in [2.05, 4.69) is 12.8 Å². The molecule has 0 bridgehead atoms. The molecular formula is C16H20O3. The Labute approximate surface area is 114 Å². The molecule has 0 radical (unpaired) electrons. The van der Waals surface area contributed by atoms with E-state index in [-0.39, 0.29) is 12.4 Å². The zero-order valence-electron chi connectivity index (χ0n) is 11.5. The van der Waals surface area contributed by atoms with Gasteiger partial charge < -0.3 is 14.2 Å². The van der Waals surface area contributed by atoms with Gasteiger partial charge in [0, 0.05) is 12.0 Å². The molecule has 3 atom stereocenters. The van der Waals surface area contributed by atoms with E-state index < -0.39 is 0 Å². The molecule has 19 heavy (non-hydrogen) atoms. The Bertz CT molecular complexity index is 432. The highest BCUT2D eigenvalue weighted by molar-refractivity contribution is 5.27. The fraction of sp³-hybridized carbons (Fsp3) is 0.500. The average Bonchev–Trinajstić information content (AvgIpc) is 2.48. The van der Waals surface area contributed by atoms with Crippen molar-refractivity contribution < 1.29 is 14.2 Å². The molecule has 1 aromatic rings. The molecule has 3 heteroatoms. The lowest BCUT2D eigenvalue weighted by atomic mass is 9.98. The molecule has 1 aliphatic rings. The summed E-state index contributed by atoms with van der Waals surface area (Å²) < 4.78 is 16.8. The van der Waals surface area contributed by atoms with E-state index >= 15 is 0 Å². The van der Waals surface area contributed by atoms with Gasteiger partial charge in [-0.25, -0.2) is 0 Å². The van der Waals surface area contributed by atoms with Gasteiger partial charge in [-0.3, -0.25) is 0 Å². The molecule has 1 saturated heterocycles. The van der Waals surface area contributed by atoms with Crippen LogP contribution in [0, 0.1) is 18.3 Å². The van der Waals surface area contributed by atoms with Crippen LogP contribution in [0.2, 0.25) is 0 Å². The van der Waals surface area contributed by atoms with E-state index in [1.54, 1.807) is 7.11 Å². The number of hydrogen-bond donors (Lipinski definition) is 0. The van der Waals surface area contributed by atoms with Gasteiger partial charge in [-0.05, 0) is 24.5 Å². The van der Waals surface area contributed by atoms with Crippen molar-refractivity contribution in [3.05, 3.63) is 29.8 Å². The van der Waals surface area contributed by atoms with Gasteiger partial charge in [0.05, 0.1) is 19.8 Å². The minimum atomic E-state index is -0.301. The van der Waals surface area contributed by atoms with Crippen LogP contribution in [0.25, 0.3) is 0 Å². The molecule has 0 spiro atoms. The van der Waals surface area contributed by atoms with Crippen molar-refractivity contribution in [3.8, 4) is 18.1 Å². The number of methoxy groups -OCH3 is 1. The summed E-state index contributed by atoms with van der Waals surface area (Å²) in [4.78, 5) is 0. The molecule has 0 amide bonds. The first kappa shape index (κ1) is 13.9. The van der Waals surface area contributed by atoms with Crippen LogP contribution in [0.4, 0.5) is 0 Å². The number of rotatable bonds is 4. The Hall–Kier alpha value is -1.50. The van der Waals surface area contributed by atoms with Crippen molar-refractivity contribution in [2.45, 2.75) is 32.2 Å². The highest BCUT2D eigenvalue weighted by Gasteiger charge is 2.27. The summed E-state index contributed by atoms with van der Waals surface area (Å²) in [6.07, 6.45) is 6.86. The van der Waals surface area contributed by atoms with Crippen LogP contribution in [0.5, 0.6) is 5.75 Å². The summed E-state index contributed by atoms with van der Waals surface area (Å²) in [6.45, 7) is 2.83. The van der Waals surface area contributed by atoms with Crippen LogP contribution in [0.3, 0.4) is 0 Å². The van der Waals surface area contributed by atoms with Gasteiger partial charge in [0.1, 0.15) is 5.75 Å². The molecule has 0 aromatic heterocycles. The SMILES string of the molecule is C#CC[C@H](C)[C@H]1CCO[C@@H](c2ccc(OC)cc2)O1. The molecule has 0 aliphatic carbocycles. The highest BCUT2D eigenvalue weighted by Crippen LogP contribution is 2.31.